The molecule has 1 N–H and O–H groups in total. The Hall–Kier alpha value is -2.90. The maximum absolute atomic E-state index is 13.9. The Bertz CT molecular complexity index is 1030. The van der Waals surface area contributed by atoms with E-state index >= 15 is 0 Å². The first-order valence-corrected chi connectivity index (χ1v) is 10.4. The molecule has 2 aromatic rings. The predicted molar refractivity (Wildman–Crippen MR) is 115 cm³/mol. The van der Waals surface area contributed by atoms with Crippen LogP contribution in [-0.4, -0.2) is 52.5 Å². The summed E-state index contributed by atoms with van der Waals surface area (Å²) in [4.78, 5) is 43.0. The SMILES string of the molecule is CC(C)C(=O)C1CC(F)(F)CN1C(=O)CNC(=O)c1ccnc2c(C(C)C)cccc12.[HH]. The molecule has 0 saturated carbocycles. The molecule has 1 aromatic carbocycles. The van der Waals surface area contributed by atoms with Crippen LogP contribution in [0.15, 0.2) is 30.5 Å². The number of hydrogen-bond acceptors (Lipinski definition) is 4. The number of benzene rings is 1. The van der Waals surface area contributed by atoms with Gasteiger partial charge in [-0.2, -0.15) is 0 Å². The van der Waals surface area contributed by atoms with Gasteiger partial charge >= 0.3 is 0 Å². The summed E-state index contributed by atoms with van der Waals surface area (Å²) in [6.45, 7) is 6.00. The molecule has 0 aliphatic carbocycles. The zero-order valence-electron chi connectivity index (χ0n) is 18.1. The molecule has 1 fully saturated rings. The quantitative estimate of drug-likeness (QED) is 0.752. The largest absolute Gasteiger partial charge is 0.343 e. The van der Waals surface area contributed by atoms with Crippen molar-refractivity contribution in [2.75, 3.05) is 13.1 Å². The van der Waals surface area contributed by atoms with E-state index in [1.165, 1.54) is 6.20 Å². The van der Waals surface area contributed by atoms with Crippen molar-refractivity contribution in [2.24, 2.45) is 5.92 Å². The molecule has 1 aliphatic heterocycles. The molecule has 2 amide bonds. The molecule has 0 spiro atoms. The van der Waals surface area contributed by atoms with Gasteiger partial charge in [-0.05, 0) is 17.5 Å². The van der Waals surface area contributed by atoms with Gasteiger partial charge in [0.05, 0.1) is 30.2 Å². The van der Waals surface area contributed by atoms with Crippen molar-refractivity contribution in [1.82, 2.24) is 15.2 Å². The number of pyridine rings is 1. The van der Waals surface area contributed by atoms with Gasteiger partial charge in [-0.1, -0.05) is 45.9 Å². The predicted octanol–water partition coefficient (Wildman–Crippen LogP) is 3.80. The summed E-state index contributed by atoms with van der Waals surface area (Å²) in [7, 11) is 0. The van der Waals surface area contributed by atoms with Crippen LogP contribution in [-0.2, 0) is 9.59 Å². The first kappa shape index (κ1) is 22.8. The number of carbonyl (C=O) groups is 3. The second kappa shape index (κ2) is 8.69. The molecule has 1 aromatic heterocycles. The van der Waals surface area contributed by atoms with Crippen LogP contribution >= 0.6 is 0 Å². The average Bonchev–Trinajstić information content (AvgIpc) is 3.05. The van der Waals surface area contributed by atoms with Gasteiger partial charge in [-0.15, -0.1) is 0 Å². The van der Waals surface area contributed by atoms with E-state index in [-0.39, 0.29) is 7.34 Å². The Labute approximate surface area is 181 Å². The number of ketones is 1. The van der Waals surface area contributed by atoms with Crippen LogP contribution in [0, 0.1) is 5.92 Å². The van der Waals surface area contributed by atoms with Crippen LogP contribution in [0.5, 0.6) is 0 Å². The fourth-order valence-electron chi connectivity index (χ4n) is 3.93. The molecule has 1 atom stereocenters. The molecule has 168 valence electrons. The number of hydrogen-bond donors (Lipinski definition) is 1. The lowest BCUT2D eigenvalue weighted by Gasteiger charge is -2.24. The molecule has 6 nitrogen and oxygen atoms in total. The van der Waals surface area contributed by atoms with E-state index in [0.717, 1.165) is 10.5 Å². The topological polar surface area (TPSA) is 79.4 Å². The molecule has 1 aliphatic rings. The first-order chi connectivity index (χ1) is 14.5. The Morgan fingerprint density at radius 3 is 2.58 bits per heavy atom. The van der Waals surface area contributed by atoms with Crippen LogP contribution in [0.4, 0.5) is 8.78 Å². The number of halogens is 2. The van der Waals surface area contributed by atoms with E-state index in [0.29, 0.717) is 16.5 Å². The Morgan fingerprint density at radius 2 is 1.94 bits per heavy atom. The molecule has 0 radical (unpaired) electrons. The summed E-state index contributed by atoms with van der Waals surface area (Å²) in [5.41, 5.74) is 2.05. The third-order valence-electron chi connectivity index (χ3n) is 5.56. The van der Waals surface area contributed by atoms with Crippen LogP contribution in [0.1, 0.15) is 57.4 Å². The number of carbonyl (C=O) groups excluding carboxylic acids is 3. The van der Waals surface area contributed by atoms with E-state index in [1.807, 2.05) is 26.0 Å². The van der Waals surface area contributed by atoms with E-state index in [2.05, 4.69) is 10.3 Å². The van der Waals surface area contributed by atoms with Gasteiger partial charge in [0, 0.05) is 25.3 Å². The number of para-hydroxylation sites is 1. The zero-order chi connectivity index (χ0) is 22.9. The number of likely N-dealkylation sites (tertiary alicyclic amines) is 1. The van der Waals surface area contributed by atoms with Gasteiger partial charge in [0.2, 0.25) is 5.91 Å². The number of amides is 2. The van der Waals surface area contributed by atoms with E-state index in [1.54, 1.807) is 26.0 Å². The Kier molecular flexibility index (Phi) is 6.38. The van der Waals surface area contributed by atoms with Crippen molar-refractivity contribution >= 4 is 28.5 Å². The smallest absolute Gasteiger partial charge is 0.267 e. The first-order valence-electron chi connectivity index (χ1n) is 10.4. The highest BCUT2D eigenvalue weighted by Crippen LogP contribution is 2.33. The van der Waals surface area contributed by atoms with Crippen molar-refractivity contribution < 1.29 is 24.6 Å². The van der Waals surface area contributed by atoms with Crippen molar-refractivity contribution in [2.45, 2.75) is 52.0 Å². The fraction of sp³-hybridized carbons (Fsp3) is 0.478. The molecule has 0 bridgehead atoms. The summed E-state index contributed by atoms with van der Waals surface area (Å²) in [6, 6.07) is 5.96. The van der Waals surface area contributed by atoms with Crippen molar-refractivity contribution in [1.29, 1.82) is 0 Å². The summed E-state index contributed by atoms with van der Waals surface area (Å²) in [6.07, 6.45) is 0.847. The highest BCUT2D eigenvalue weighted by molar-refractivity contribution is 6.07. The van der Waals surface area contributed by atoms with Crippen LogP contribution in [0.25, 0.3) is 10.9 Å². The summed E-state index contributed by atoms with van der Waals surface area (Å²) < 4.78 is 27.9. The molecule has 1 saturated heterocycles. The molecular weight excluding hydrogens is 404 g/mol. The van der Waals surface area contributed by atoms with Gasteiger partial charge in [0.25, 0.3) is 11.8 Å². The van der Waals surface area contributed by atoms with Gasteiger partial charge in [-0.25, -0.2) is 8.78 Å². The minimum Gasteiger partial charge on any atom is -0.343 e. The van der Waals surface area contributed by atoms with Crippen LogP contribution < -0.4 is 5.32 Å². The number of nitrogens with one attached hydrogen (secondary N) is 1. The third-order valence-corrected chi connectivity index (χ3v) is 5.56. The molecule has 1 unspecified atom stereocenters. The Morgan fingerprint density at radius 1 is 1.23 bits per heavy atom. The third kappa shape index (κ3) is 4.73. The molecular formula is C23H29F2N3O3. The zero-order valence-corrected chi connectivity index (χ0v) is 18.1. The Balaban J connectivity index is 0.00000363. The second-order valence-electron chi connectivity index (χ2n) is 8.59. The number of rotatable bonds is 6. The number of Topliss-reactive ketones (excluding diaryl/α,β-unsaturated/α-hetero) is 1. The standard InChI is InChI=1S/C23H27F2N3O3.H2/c1-13(2)15-6-5-7-16-17(8-9-26-20(15)16)22(31)27-11-19(29)28-12-23(24,25)10-18(28)21(30)14(3)4;/h5-9,13-14,18H,10-12H2,1-4H3,(H,27,31);1H. The van der Waals surface area contributed by atoms with Crippen LogP contribution in [0.3, 0.4) is 0 Å². The lowest BCUT2D eigenvalue weighted by molar-refractivity contribution is -0.138. The van der Waals surface area contributed by atoms with Gasteiger partial charge in [-0.3, -0.25) is 19.4 Å². The molecule has 31 heavy (non-hydrogen) atoms. The number of alkyl halides is 2. The highest BCUT2D eigenvalue weighted by Gasteiger charge is 2.49. The van der Waals surface area contributed by atoms with Crippen molar-refractivity contribution in [3.63, 3.8) is 0 Å². The van der Waals surface area contributed by atoms with Crippen molar-refractivity contribution in [3.8, 4) is 0 Å². The molecule has 3 rings (SSSR count). The molecule has 8 heteroatoms. The van der Waals surface area contributed by atoms with Gasteiger partial charge in [0.15, 0.2) is 5.78 Å². The minimum atomic E-state index is -3.12. The average molecular weight is 433 g/mol. The summed E-state index contributed by atoms with van der Waals surface area (Å²) in [5.74, 6) is -4.99. The van der Waals surface area contributed by atoms with Gasteiger partial charge in [0.1, 0.15) is 0 Å². The summed E-state index contributed by atoms with van der Waals surface area (Å²) >= 11 is 0. The lowest BCUT2D eigenvalue weighted by Crippen LogP contribution is -2.46. The van der Waals surface area contributed by atoms with Gasteiger partial charge < -0.3 is 10.2 Å². The van der Waals surface area contributed by atoms with Crippen molar-refractivity contribution in [3.05, 3.63) is 41.6 Å². The van der Waals surface area contributed by atoms with E-state index in [9.17, 15) is 23.2 Å². The highest BCUT2D eigenvalue weighted by atomic mass is 19.3. The minimum absolute atomic E-state index is 0. The number of fused-ring (bicyclic) bond motifs is 1. The number of nitrogens with zero attached hydrogens (tertiary/aromatic N) is 2. The van der Waals surface area contributed by atoms with Crippen LogP contribution in [0.2, 0.25) is 0 Å². The lowest BCUT2D eigenvalue weighted by atomic mass is 9.97. The maximum Gasteiger partial charge on any atom is 0.267 e. The molecule has 2 heterocycles. The normalized spacial score (nSPS) is 18.1. The fourth-order valence-corrected chi connectivity index (χ4v) is 3.93. The number of aromatic nitrogens is 1. The monoisotopic (exact) mass is 433 g/mol. The van der Waals surface area contributed by atoms with E-state index in [4.69, 9.17) is 0 Å². The summed E-state index contributed by atoms with van der Waals surface area (Å²) in [5, 5.41) is 3.17. The maximum atomic E-state index is 13.9. The second-order valence-corrected chi connectivity index (χ2v) is 8.59. The van der Waals surface area contributed by atoms with E-state index < -0.39 is 55.0 Å².